The number of aromatic nitrogens is 6. The van der Waals surface area contributed by atoms with Crippen LogP contribution < -0.4 is 11.1 Å². The van der Waals surface area contributed by atoms with Gasteiger partial charge in [-0.15, -0.1) is 0 Å². The number of H-pyrrole nitrogens is 1. The number of fused-ring (bicyclic) bond motifs is 1. The third-order valence-electron chi connectivity index (χ3n) is 2.66. The van der Waals surface area contributed by atoms with Gasteiger partial charge in [-0.25, -0.2) is 4.98 Å². The monoisotopic (exact) mass is 244 g/mol. The molecule has 0 saturated heterocycles. The molecule has 3 rings (SSSR count). The average molecular weight is 244 g/mol. The Hall–Kier alpha value is -2.64. The molecular formula is C10H12N8. The molecule has 0 unspecified atom stereocenters. The fraction of sp³-hybridized carbons (Fsp3) is 0.200. The molecule has 92 valence electrons. The SMILES string of the molecule is Cn1ccnc1CNc1nc(N)nc2[nH]ncc12. The summed E-state index contributed by atoms with van der Waals surface area (Å²) in [4.78, 5) is 12.4. The third kappa shape index (κ3) is 1.73. The molecule has 0 aliphatic rings. The van der Waals surface area contributed by atoms with Gasteiger partial charge in [-0.05, 0) is 0 Å². The number of anilines is 2. The van der Waals surface area contributed by atoms with Crippen molar-refractivity contribution in [2.45, 2.75) is 6.54 Å². The molecule has 0 aromatic carbocycles. The maximum atomic E-state index is 5.63. The summed E-state index contributed by atoms with van der Waals surface area (Å²) in [5, 5.41) is 10.7. The van der Waals surface area contributed by atoms with Crippen molar-refractivity contribution in [3.63, 3.8) is 0 Å². The Bertz CT molecular complexity index is 682. The first kappa shape index (κ1) is 10.5. The summed E-state index contributed by atoms with van der Waals surface area (Å²) in [5.74, 6) is 1.76. The fourth-order valence-electron chi connectivity index (χ4n) is 1.72. The highest BCUT2D eigenvalue weighted by Gasteiger charge is 2.08. The van der Waals surface area contributed by atoms with E-state index in [9.17, 15) is 0 Å². The normalized spacial score (nSPS) is 10.9. The van der Waals surface area contributed by atoms with Gasteiger partial charge in [-0.1, -0.05) is 0 Å². The standard InChI is InChI=1S/C10H12N8/c1-18-3-2-12-7(18)5-13-8-6-4-14-17-9(6)16-10(11)15-8/h2-4H,5H2,1H3,(H4,11,13,14,15,16,17). The van der Waals surface area contributed by atoms with Crippen molar-refractivity contribution in [3.8, 4) is 0 Å². The van der Waals surface area contributed by atoms with Crippen molar-refractivity contribution in [1.82, 2.24) is 29.7 Å². The highest BCUT2D eigenvalue weighted by atomic mass is 15.2. The third-order valence-corrected chi connectivity index (χ3v) is 2.66. The summed E-state index contributed by atoms with van der Waals surface area (Å²) in [7, 11) is 1.94. The van der Waals surface area contributed by atoms with E-state index in [0.29, 0.717) is 18.0 Å². The Morgan fingerprint density at radius 3 is 3.11 bits per heavy atom. The smallest absolute Gasteiger partial charge is 0.224 e. The van der Waals surface area contributed by atoms with Crippen LogP contribution in [0.2, 0.25) is 0 Å². The molecule has 3 aromatic heterocycles. The van der Waals surface area contributed by atoms with Crippen molar-refractivity contribution < 1.29 is 0 Å². The lowest BCUT2D eigenvalue weighted by atomic mass is 10.4. The molecule has 0 fully saturated rings. The number of aromatic amines is 1. The van der Waals surface area contributed by atoms with Gasteiger partial charge in [0.05, 0.1) is 18.1 Å². The number of aryl methyl sites for hydroxylation is 1. The Morgan fingerprint density at radius 1 is 1.44 bits per heavy atom. The van der Waals surface area contributed by atoms with Crippen molar-refractivity contribution in [3.05, 3.63) is 24.4 Å². The second kappa shape index (κ2) is 3.99. The first-order valence-electron chi connectivity index (χ1n) is 5.40. The Kier molecular flexibility index (Phi) is 2.33. The highest BCUT2D eigenvalue weighted by molar-refractivity contribution is 5.86. The quantitative estimate of drug-likeness (QED) is 0.610. The van der Waals surface area contributed by atoms with E-state index in [1.54, 1.807) is 12.4 Å². The Balaban J connectivity index is 1.90. The number of hydrogen-bond donors (Lipinski definition) is 3. The fourth-order valence-corrected chi connectivity index (χ4v) is 1.72. The van der Waals surface area contributed by atoms with Crippen LogP contribution in [0.15, 0.2) is 18.6 Å². The van der Waals surface area contributed by atoms with Gasteiger partial charge in [0, 0.05) is 19.4 Å². The largest absolute Gasteiger partial charge is 0.368 e. The zero-order chi connectivity index (χ0) is 12.5. The van der Waals surface area contributed by atoms with Crippen molar-refractivity contribution >= 4 is 22.8 Å². The molecule has 0 atom stereocenters. The van der Waals surface area contributed by atoms with Crippen molar-refractivity contribution in [2.24, 2.45) is 7.05 Å². The molecule has 0 spiro atoms. The zero-order valence-electron chi connectivity index (χ0n) is 9.75. The van der Waals surface area contributed by atoms with Crippen LogP contribution in [0, 0.1) is 0 Å². The summed E-state index contributed by atoms with van der Waals surface area (Å²) in [5.41, 5.74) is 6.25. The van der Waals surface area contributed by atoms with E-state index in [4.69, 9.17) is 5.73 Å². The van der Waals surface area contributed by atoms with Crippen LogP contribution in [0.4, 0.5) is 11.8 Å². The van der Waals surface area contributed by atoms with Crippen LogP contribution in [-0.2, 0) is 13.6 Å². The van der Waals surface area contributed by atoms with Crippen LogP contribution in [0.3, 0.4) is 0 Å². The molecule has 8 nitrogen and oxygen atoms in total. The summed E-state index contributed by atoms with van der Waals surface area (Å²) < 4.78 is 1.93. The number of nitrogen functional groups attached to an aromatic ring is 1. The number of nitrogens with two attached hydrogens (primary N) is 1. The molecule has 0 radical (unpaired) electrons. The lowest BCUT2D eigenvalue weighted by Crippen LogP contribution is -2.08. The average Bonchev–Trinajstić information content (AvgIpc) is 2.94. The lowest BCUT2D eigenvalue weighted by Gasteiger charge is -2.06. The van der Waals surface area contributed by atoms with Crippen LogP contribution >= 0.6 is 0 Å². The van der Waals surface area contributed by atoms with Gasteiger partial charge >= 0.3 is 0 Å². The van der Waals surface area contributed by atoms with E-state index >= 15 is 0 Å². The molecule has 0 amide bonds. The van der Waals surface area contributed by atoms with Crippen molar-refractivity contribution in [1.29, 1.82) is 0 Å². The molecule has 3 heterocycles. The van der Waals surface area contributed by atoms with E-state index in [1.165, 1.54) is 0 Å². The predicted molar refractivity (Wildman–Crippen MR) is 66.6 cm³/mol. The Labute approximate surface area is 102 Å². The van der Waals surface area contributed by atoms with Crippen LogP contribution in [-0.4, -0.2) is 29.7 Å². The van der Waals surface area contributed by atoms with Crippen molar-refractivity contribution in [2.75, 3.05) is 11.1 Å². The minimum absolute atomic E-state index is 0.203. The molecular weight excluding hydrogens is 232 g/mol. The summed E-state index contributed by atoms with van der Waals surface area (Å²) in [6, 6.07) is 0. The minimum Gasteiger partial charge on any atom is -0.368 e. The van der Waals surface area contributed by atoms with E-state index < -0.39 is 0 Å². The van der Waals surface area contributed by atoms with Crippen LogP contribution in [0.25, 0.3) is 11.0 Å². The number of nitrogens with one attached hydrogen (secondary N) is 2. The molecule has 0 bridgehead atoms. The van der Waals surface area contributed by atoms with Gasteiger partial charge in [-0.2, -0.15) is 15.1 Å². The zero-order valence-corrected chi connectivity index (χ0v) is 9.75. The molecule has 0 saturated carbocycles. The summed E-state index contributed by atoms with van der Waals surface area (Å²) in [6.45, 7) is 0.556. The number of hydrogen-bond acceptors (Lipinski definition) is 6. The molecule has 3 aromatic rings. The number of nitrogens with zero attached hydrogens (tertiary/aromatic N) is 5. The Morgan fingerprint density at radius 2 is 2.33 bits per heavy atom. The van der Waals surface area contributed by atoms with Crippen LogP contribution in [0.5, 0.6) is 0 Å². The first-order valence-corrected chi connectivity index (χ1v) is 5.40. The minimum atomic E-state index is 0.203. The second-order valence-corrected chi connectivity index (χ2v) is 3.87. The molecule has 8 heteroatoms. The van der Waals surface area contributed by atoms with Gasteiger partial charge < -0.3 is 15.6 Å². The summed E-state index contributed by atoms with van der Waals surface area (Å²) in [6.07, 6.45) is 5.30. The number of imidazole rings is 1. The van der Waals surface area contributed by atoms with E-state index in [2.05, 4.69) is 30.5 Å². The second-order valence-electron chi connectivity index (χ2n) is 3.87. The van der Waals surface area contributed by atoms with Gasteiger partial charge in [0.15, 0.2) is 5.65 Å². The maximum absolute atomic E-state index is 5.63. The van der Waals surface area contributed by atoms with E-state index in [0.717, 1.165) is 11.2 Å². The number of rotatable bonds is 3. The van der Waals surface area contributed by atoms with Gasteiger partial charge in [0.1, 0.15) is 11.6 Å². The molecule has 18 heavy (non-hydrogen) atoms. The molecule has 0 aliphatic heterocycles. The highest BCUT2D eigenvalue weighted by Crippen LogP contribution is 2.19. The molecule has 0 aliphatic carbocycles. The topological polar surface area (TPSA) is 110 Å². The van der Waals surface area contributed by atoms with E-state index in [1.807, 2.05) is 17.8 Å². The van der Waals surface area contributed by atoms with E-state index in [-0.39, 0.29) is 5.95 Å². The van der Waals surface area contributed by atoms with Gasteiger partial charge in [0.2, 0.25) is 5.95 Å². The van der Waals surface area contributed by atoms with Crippen LogP contribution in [0.1, 0.15) is 5.82 Å². The first-order chi connectivity index (χ1) is 8.74. The summed E-state index contributed by atoms with van der Waals surface area (Å²) >= 11 is 0. The lowest BCUT2D eigenvalue weighted by molar-refractivity contribution is 0.811. The van der Waals surface area contributed by atoms with Gasteiger partial charge in [-0.3, -0.25) is 5.10 Å². The maximum Gasteiger partial charge on any atom is 0.224 e. The molecule has 4 N–H and O–H groups in total. The predicted octanol–water partition coefficient (Wildman–Crippen LogP) is 0.281. The van der Waals surface area contributed by atoms with Gasteiger partial charge in [0.25, 0.3) is 0 Å².